The Labute approximate surface area is 403 Å². The second kappa shape index (κ2) is 15.7. The zero-order valence-electron chi connectivity index (χ0n) is 39.3. The first-order valence-electron chi connectivity index (χ1n) is 24.0. The number of halogens is 1. The number of ether oxygens (including phenoxy) is 1. The molecule has 2 nitrogen and oxygen atoms in total. The smallest absolute Gasteiger partial charge is 0.243 e. The minimum absolute atomic E-state index is 0.0681. The minimum atomic E-state index is -0.319. The maximum absolute atomic E-state index is 17.4. The monoisotopic (exact) mass is 887 g/mol. The van der Waals surface area contributed by atoms with Crippen LogP contribution in [0.25, 0.3) is 76.8 Å². The van der Waals surface area contributed by atoms with Gasteiger partial charge in [-0.3, -0.25) is 0 Å². The van der Waals surface area contributed by atoms with E-state index in [1.54, 1.807) is 6.07 Å². The standard InChI is InChI=1S/C65H47BFNO/c1-38-29-40(3)63(41(4)30-38)66-57-37-54-50-25-16-26-59-62(50)55(36-53(54)49-23-15-24-51(61(49)57)56-32-39(2)31-42(5)64(56)66)48-28-27-47(35-60(48)69-59)68(46-21-13-8-14-22-46)65-52(44-19-11-7-12-20-44)33-45(34-58(65)67)43-17-9-6-10-18-43/h6-37H,1-5H3. The molecule has 0 spiro atoms. The number of rotatable bonds is 6. The Balaban J connectivity index is 1.04. The van der Waals surface area contributed by atoms with E-state index in [0.717, 1.165) is 61.6 Å². The summed E-state index contributed by atoms with van der Waals surface area (Å²) >= 11 is 0. The van der Waals surface area contributed by atoms with Crippen molar-refractivity contribution in [2.24, 2.45) is 0 Å². The lowest BCUT2D eigenvalue weighted by molar-refractivity contribution is 0.487. The minimum Gasteiger partial charge on any atom is -0.456 e. The molecule has 0 amide bonds. The highest BCUT2D eigenvalue weighted by molar-refractivity contribution is 6.99. The average Bonchev–Trinajstić information content (AvgIpc) is 3.36. The molecule has 0 saturated carbocycles. The summed E-state index contributed by atoms with van der Waals surface area (Å²) in [4.78, 5) is 2.04. The van der Waals surface area contributed by atoms with Gasteiger partial charge in [0.05, 0.1) is 11.4 Å². The fourth-order valence-corrected chi connectivity index (χ4v) is 12.1. The van der Waals surface area contributed by atoms with Crippen LogP contribution in [0.1, 0.15) is 27.8 Å². The van der Waals surface area contributed by atoms with Gasteiger partial charge in [0, 0.05) is 28.3 Å². The summed E-state index contributed by atoms with van der Waals surface area (Å²) in [5.41, 5.74) is 21.0. The van der Waals surface area contributed by atoms with Crippen LogP contribution in [0.15, 0.2) is 194 Å². The Kier molecular flexibility index (Phi) is 9.32. The molecule has 2 heterocycles. The van der Waals surface area contributed by atoms with Crippen molar-refractivity contribution in [3.63, 3.8) is 0 Å². The summed E-state index contributed by atoms with van der Waals surface area (Å²) in [7, 11) is 0. The van der Waals surface area contributed by atoms with E-state index in [2.05, 4.69) is 144 Å². The van der Waals surface area contributed by atoms with Crippen LogP contribution in [-0.4, -0.2) is 6.71 Å². The van der Waals surface area contributed by atoms with Crippen molar-refractivity contribution in [2.75, 3.05) is 4.90 Å². The number of nitrogens with zero attached hydrogens (tertiary/aromatic N) is 1. The van der Waals surface area contributed by atoms with Crippen molar-refractivity contribution in [1.82, 2.24) is 0 Å². The van der Waals surface area contributed by atoms with Gasteiger partial charge in [-0.2, -0.15) is 0 Å². The van der Waals surface area contributed by atoms with Gasteiger partial charge >= 0.3 is 0 Å². The molecule has 2 aliphatic heterocycles. The zero-order valence-corrected chi connectivity index (χ0v) is 39.3. The van der Waals surface area contributed by atoms with Crippen LogP contribution in [0.3, 0.4) is 0 Å². The molecular weight excluding hydrogens is 841 g/mol. The van der Waals surface area contributed by atoms with Crippen LogP contribution in [-0.2, 0) is 0 Å². The molecule has 0 unspecified atom stereocenters. The van der Waals surface area contributed by atoms with E-state index in [0.29, 0.717) is 5.69 Å². The summed E-state index contributed by atoms with van der Waals surface area (Å²) in [6, 6.07) is 68.1. The number of aryl methyl sites for hydroxylation is 5. The van der Waals surface area contributed by atoms with Gasteiger partial charge in [0.2, 0.25) is 6.71 Å². The number of benzene rings is 11. The summed E-state index contributed by atoms with van der Waals surface area (Å²) in [5, 5.41) is 7.28. The van der Waals surface area contributed by atoms with Gasteiger partial charge in [-0.05, 0) is 143 Å². The van der Waals surface area contributed by atoms with Crippen LogP contribution >= 0.6 is 0 Å². The molecule has 0 aliphatic carbocycles. The lowest BCUT2D eigenvalue weighted by Gasteiger charge is -2.32. The first kappa shape index (κ1) is 41.0. The lowest BCUT2D eigenvalue weighted by Crippen LogP contribution is -2.57. The molecule has 11 aromatic rings. The molecular formula is C65H47BFNO. The van der Waals surface area contributed by atoms with Gasteiger partial charge in [0.25, 0.3) is 0 Å². The Morgan fingerprint density at radius 3 is 1.74 bits per heavy atom. The molecule has 0 atom stereocenters. The van der Waals surface area contributed by atoms with Gasteiger partial charge in [0.1, 0.15) is 17.3 Å². The normalized spacial score (nSPS) is 12.3. The van der Waals surface area contributed by atoms with Crippen molar-refractivity contribution >= 4 is 72.5 Å². The van der Waals surface area contributed by atoms with Crippen molar-refractivity contribution in [3.05, 3.63) is 228 Å². The van der Waals surface area contributed by atoms with Crippen LogP contribution in [0.5, 0.6) is 11.5 Å². The van der Waals surface area contributed by atoms with Gasteiger partial charge in [-0.25, -0.2) is 4.39 Å². The molecule has 0 radical (unpaired) electrons. The Morgan fingerprint density at radius 2 is 1.01 bits per heavy atom. The average molecular weight is 888 g/mol. The maximum atomic E-state index is 17.4. The summed E-state index contributed by atoms with van der Waals surface area (Å²) in [6.07, 6.45) is 0. The number of anilines is 3. The van der Waals surface area contributed by atoms with Gasteiger partial charge in [-0.1, -0.05) is 184 Å². The quantitative estimate of drug-likeness (QED) is 0.122. The predicted molar refractivity (Wildman–Crippen MR) is 290 cm³/mol. The van der Waals surface area contributed by atoms with Crippen molar-refractivity contribution in [3.8, 4) is 56.0 Å². The highest BCUT2D eigenvalue weighted by atomic mass is 19.1. The van der Waals surface area contributed by atoms with E-state index in [4.69, 9.17) is 4.74 Å². The van der Waals surface area contributed by atoms with Crippen LogP contribution < -0.4 is 26.0 Å². The lowest BCUT2D eigenvalue weighted by atomic mass is 9.32. The third-order valence-electron chi connectivity index (χ3n) is 14.8. The fraction of sp³-hybridized carbons (Fsp3) is 0.0769. The van der Waals surface area contributed by atoms with Gasteiger partial charge in [0.15, 0.2) is 0 Å². The van der Waals surface area contributed by atoms with Gasteiger partial charge < -0.3 is 9.64 Å². The molecule has 11 aromatic carbocycles. The molecule has 13 rings (SSSR count). The zero-order chi connectivity index (χ0) is 46.7. The second-order valence-electron chi connectivity index (χ2n) is 19.2. The Bertz CT molecular complexity index is 3910. The van der Waals surface area contributed by atoms with E-state index in [-0.39, 0.29) is 12.5 Å². The number of fused-ring (bicyclic) bond motifs is 7. The highest BCUT2D eigenvalue weighted by Gasteiger charge is 2.36. The molecule has 0 N–H and O–H groups in total. The van der Waals surface area contributed by atoms with Crippen LogP contribution in [0, 0.1) is 40.4 Å². The topological polar surface area (TPSA) is 12.5 Å². The van der Waals surface area contributed by atoms with Crippen LogP contribution in [0.4, 0.5) is 21.5 Å². The molecule has 2 aliphatic rings. The predicted octanol–water partition coefficient (Wildman–Crippen LogP) is 15.9. The first-order chi connectivity index (χ1) is 33.7. The van der Waals surface area contributed by atoms with E-state index >= 15 is 4.39 Å². The van der Waals surface area contributed by atoms with E-state index in [9.17, 15) is 0 Å². The van der Waals surface area contributed by atoms with Crippen LogP contribution in [0.2, 0.25) is 0 Å². The molecule has 4 heteroatoms. The molecule has 69 heavy (non-hydrogen) atoms. The van der Waals surface area contributed by atoms with Crippen molar-refractivity contribution < 1.29 is 9.13 Å². The number of hydrogen-bond donors (Lipinski definition) is 0. The fourth-order valence-electron chi connectivity index (χ4n) is 12.1. The third kappa shape index (κ3) is 6.39. The largest absolute Gasteiger partial charge is 0.456 e. The van der Waals surface area contributed by atoms with Crippen molar-refractivity contribution in [2.45, 2.75) is 34.6 Å². The Hall–Kier alpha value is -8.21. The molecule has 0 aromatic heterocycles. The van der Waals surface area contributed by atoms with Gasteiger partial charge in [-0.15, -0.1) is 0 Å². The maximum Gasteiger partial charge on any atom is 0.243 e. The SMILES string of the molecule is Cc1cc(C)c(B2c3c(C)cc(C)cc3-c3cccc4c3c2cc2c3cccc5c3c(cc42)-c2ccc(N(c3ccccc3)c3c(F)cc(-c4ccccc4)cc3-c3ccccc3)cc2O5)c(C)c1. The summed E-state index contributed by atoms with van der Waals surface area (Å²) in [6.45, 7) is 11.4. The van der Waals surface area contributed by atoms with E-state index < -0.39 is 0 Å². The summed E-state index contributed by atoms with van der Waals surface area (Å²) in [5.74, 6) is 1.22. The summed E-state index contributed by atoms with van der Waals surface area (Å²) < 4.78 is 24.4. The third-order valence-corrected chi connectivity index (χ3v) is 14.8. The number of para-hydroxylation sites is 1. The molecule has 0 bridgehead atoms. The number of hydrogen-bond acceptors (Lipinski definition) is 2. The van der Waals surface area contributed by atoms with Crippen molar-refractivity contribution in [1.29, 1.82) is 0 Å². The van der Waals surface area contributed by atoms with E-state index in [1.807, 2.05) is 83.8 Å². The second-order valence-corrected chi connectivity index (χ2v) is 19.2. The first-order valence-corrected chi connectivity index (χ1v) is 24.0. The molecule has 328 valence electrons. The van der Waals surface area contributed by atoms with E-state index in [1.165, 1.54) is 82.3 Å². The molecule has 0 saturated heterocycles. The highest BCUT2D eigenvalue weighted by Crippen LogP contribution is 2.53. The Morgan fingerprint density at radius 1 is 0.391 bits per heavy atom. The molecule has 0 fully saturated rings.